The predicted octanol–water partition coefficient (Wildman–Crippen LogP) is 2.88. The SMILES string of the molecule is Cc1ccccc1NC1CC(=O)N(c2ccccc2F)C1=O. The van der Waals surface area contributed by atoms with Crippen molar-refractivity contribution in [2.45, 2.75) is 19.4 Å². The summed E-state index contributed by atoms with van der Waals surface area (Å²) in [7, 11) is 0. The van der Waals surface area contributed by atoms with E-state index in [4.69, 9.17) is 0 Å². The van der Waals surface area contributed by atoms with Gasteiger partial charge in [0.25, 0.3) is 5.91 Å². The molecule has 1 aliphatic heterocycles. The third-order valence-corrected chi connectivity index (χ3v) is 3.71. The summed E-state index contributed by atoms with van der Waals surface area (Å²) in [5.74, 6) is -1.42. The average Bonchev–Trinajstić information content (AvgIpc) is 2.77. The predicted molar refractivity (Wildman–Crippen MR) is 82.1 cm³/mol. The Balaban J connectivity index is 1.86. The summed E-state index contributed by atoms with van der Waals surface area (Å²) < 4.78 is 13.8. The van der Waals surface area contributed by atoms with E-state index in [1.165, 1.54) is 18.2 Å². The number of hydrogen-bond donors (Lipinski definition) is 1. The van der Waals surface area contributed by atoms with Gasteiger partial charge in [-0.1, -0.05) is 30.3 Å². The highest BCUT2D eigenvalue weighted by Gasteiger charge is 2.40. The zero-order valence-corrected chi connectivity index (χ0v) is 12.0. The third-order valence-electron chi connectivity index (χ3n) is 3.71. The molecule has 1 fully saturated rings. The van der Waals surface area contributed by atoms with E-state index < -0.39 is 23.7 Å². The fourth-order valence-electron chi connectivity index (χ4n) is 2.55. The second kappa shape index (κ2) is 5.60. The third kappa shape index (κ3) is 2.45. The van der Waals surface area contributed by atoms with Crippen molar-refractivity contribution >= 4 is 23.2 Å². The number of carbonyl (C=O) groups excluding carboxylic acids is 2. The number of hydrogen-bond acceptors (Lipinski definition) is 3. The lowest BCUT2D eigenvalue weighted by molar-refractivity contribution is -0.121. The molecule has 0 radical (unpaired) electrons. The van der Waals surface area contributed by atoms with Gasteiger partial charge in [0.05, 0.1) is 12.1 Å². The lowest BCUT2D eigenvalue weighted by Crippen LogP contribution is -2.35. The monoisotopic (exact) mass is 298 g/mol. The van der Waals surface area contributed by atoms with Crippen LogP contribution in [0.1, 0.15) is 12.0 Å². The number of benzene rings is 2. The number of nitrogens with zero attached hydrogens (tertiary/aromatic N) is 1. The number of para-hydroxylation sites is 2. The van der Waals surface area contributed by atoms with Gasteiger partial charge in [-0.15, -0.1) is 0 Å². The zero-order chi connectivity index (χ0) is 15.7. The lowest BCUT2D eigenvalue weighted by Gasteiger charge is -2.17. The molecule has 2 aromatic carbocycles. The van der Waals surface area contributed by atoms with E-state index in [0.717, 1.165) is 16.2 Å². The van der Waals surface area contributed by atoms with E-state index in [9.17, 15) is 14.0 Å². The van der Waals surface area contributed by atoms with Crippen LogP contribution in [0.5, 0.6) is 0 Å². The topological polar surface area (TPSA) is 49.4 Å². The van der Waals surface area contributed by atoms with Crippen molar-refractivity contribution in [3.05, 3.63) is 59.9 Å². The Hall–Kier alpha value is -2.69. The molecule has 0 aliphatic carbocycles. The molecule has 2 amide bonds. The van der Waals surface area contributed by atoms with Crippen LogP contribution in [0.4, 0.5) is 15.8 Å². The normalized spacial score (nSPS) is 17.9. The molecule has 0 aromatic heterocycles. The minimum absolute atomic E-state index is 0.00610. The molecule has 5 heteroatoms. The first-order valence-electron chi connectivity index (χ1n) is 7.01. The van der Waals surface area contributed by atoms with Crippen molar-refractivity contribution in [3.8, 4) is 0 Å². The molecule has 1 unspecified atom stereocenters. The Morgan fingerprint density at radius 2 is 1.77 bits per heavy atom. The van der Waals surface area contributed by atoms with Crippen LogP contribution in [-0.2, 0) is 9.59 Å². The Labute approximate surface area is 127 Å². The second-order valence-electron chi connectivity index (χ2n) is 5.23. The van der Waals surface area contributed by atoms with Gasteiger partial charge < -0.3 is 5.32 Å². The molecule has 1 heterocycles. The lowest BCUT2D eigenvalue weighted by atomic mass is 10.1. The van der Waals surface area contributed by atoms with Gasteiger partial charge in [0.15, 0.2) is 0 Å². The molecule has 4 nitrogen and oxygen atoms in total. The van der Waals surface area contributed by atoms with Crippen molar-refractivity contribution in [2.24, 2.45) is 0 Å². The minimum Gasteiger partial charge on any atom is -0.373 e. The van der Waals surface area contributed by atoms with Crippen LogP contribution in [0.15, 0.2) is 48.5 Å². The van der Waals surface area contributed by atoms with Gasteiger partial charge in [-0.2, -0.15) is 0 Å². The molecule has 112 valence electrons. The van der Waals surface area contributed by atoms with E-state index in [0.29, 0.717) is 0 Å². The van der Waals surface area contributed by atoms with Gasteiger partial charge in [-0.3, -0.25) is 9.59 Å². The molecule has 1 aliphatic rings. The van der Waals surface area contributed by atoms with Gasteiger partial charge >= 0.3 is 0 Å². The van der Waals surface area contributed by atoms with Crippen LogP contribution >= 0.6 is 0 Å². The van der Waals surface area contributed by atoms with Crippen LogP contribution in [0.2, 0.25) is 0 Å². The van der Waals surface area contributed by atoms with E-state index in [1.807, 2.05) is 31.2 Å². The first-order valence-corrected chi connectivity index (χ1v) is 7.01. The van der Waals surface area contributed by atoms with Gasteiger partial charge in [0.2, 0.25) is 5.91 Å². The van der Waals surface area contributed by atoms with Crippen molar-refractivity contribution < 1.29 is 14.0 Å². The van der Waals surface area contributed by atoms with Crippen molar-refractivity contribution in [1.29, 1.82) is 0 Å². The maximum atomic E-state index is 13.8. The molecule has 22 heavy (non-hydrogen) atoms. The number of nitrogens with one attached hydrogen (secondary N) is 1. The van der Waals surface area contributed by atoms with Gasteiger partial charge in [-0.25, -0.2) is 9.29 Å². The molecule has 1 atom stereocenters. The van der Waals surface area contributed by atoms with Crippen molar-refractivity contribution in [1.82, 2.24) is 0 Å². The zero-order valence-electron chi connectivity index (χ0n) is 12.0. The fourth-order valence-corrected chi connectivity index (χ4v) is 2.55. The number of imide groups is 1. The number of amides is 2. The highest BCUT2D eigenvalue weighted by Crippen LogP contribution is 2.27. The van der Waals surface area contributed by atoms with Crippen LogP contribution in [0.3, 0.4) is 0 Å². The molecular weight excluding hydrogens is 283 g/mol. The largest absolute Gasteiger partial charge is 0.373 e. The minimum atomic E-state index is -0.673. The molecular formula is C17H15FN2O2. The summed E-state index contributed by atoms with van der Waals surface area (Å²) in [4.78, 5) is 25.5. The van der Waals surface area contributed by atoms with Crippen LogP contribution in [-0.4, -0.2) is 17.9 Å². The second-order valence-corrected chi connectivity index (χ2v) is 5.23. The Morgan fingerprint density at radius 3 is 2.50 bits per heavy atom. The van der Waals surface area contributed by atoms with E-state index in [-0.39, 0.29) is 12.1 Å². The molecule has 0 spiro atoms. The quantitative estimate of drug-likeness (QED) is 0.886. The highest BCUT2D eigenvalue weighted by molar-refractivity contribution is 6.23. The Bertz CT molecular complexity index is 745. The Morgan fingerprint density at radius 1 is 1.09 bits per heavy atom. The highest BCUT2D eigenvalue weighted by atomic mass is 19.1. The maximum Gasteiger partial charge on any atom is 0.256 e. The number of rotatable bonds is 3. The molecule has 3 rings (SSSR count). The van der Waals surface area contributed by atoms with E-state index >= 15 is 0 Å². The number of aryl methyl sites for hydroxylation is 1. The van der Waals surface area contributed by atoms with Crippen LogP contribution < -0.4 is 10.2 Å². The summed E-state index contributed by atoms with van der Waals surface area (Å²) in [6.07, 6.45) is 0.0154. The maximum absolute atomic E-state index is 13.8. The first kappa shape index (κ1) is 14.3. The number of carbonyl (C=O) groups is 2. The van der Waals surface area contributed by atoms with Crippen molar-refractivity contribution in [2.75, 3.05) is 10.2 Å². The average molecular weight is 298 g/mol. The molecule has 2 aromatic rings. The summed E-state index contributed by atoms with van der Waals surface area (Å²) >= 11 is 0. The van der Waals surface area contributed by atoms with Gasteiger partial charge in [0.1, 0.15) is 11.9 Å². The van der Waals surface area contributed by atoms with Crippen molar-refractivity contribution in [3.63, 3.8) is 0 Å². The van der Waals surface area contributed by atoms with Gasteiger partial charge in [0, 0.05) is 5.69 Å². The molecule has 1 saturated heterocycles. The fraction of sp³-hybridized carbons (Fsp3) is 0.176. The summed E-state index contributed by atoms with van der Waals surface area (Å²) in [6, 6.07) is 12.6. The van der Waals surface area contributed by atoms with Gasteiger partial charge in [-0.05, 0) is 30.7 Å². The van der Waals surface area contributed by atoms with Crippen LogP contribution in [0, 0.1) is 12.7 Å². The first-order chi connectivity index (χ1) is 10.6. The standard InChI is InChI=1S/C17H15FN2O2/c1-11-6-2-4-8-13(11)19-14-10-16(21)20(17(14)22)15-9-5-3-7-12(15)18/h2-9,14,19H,10H2,1H3. The molecule has 0 bridgehead atoms. The smallest absolute Gasteiger partial charge is 0.256 e. The van der Waals surface area contributed by atoms with E-state index in [1.54, 1.807) is 6.07 Å². The summed E-state index contributed by atoms with van der Waals surface area (Å²) in [5, 5.41) is 3.07. The van der Waals surface area contributed by atoms with Crippen LogP contribution in [0.25, 0.3) is 0 Å². The van der Waals surface area contributed by atoms with E-state index in [2.05, 4.69) is 5.32 Å². The summed E-state index contributed by atoms with van der Waals surface area (Å²) in [5.41, 5.74) is 1.78. The Kier molecular flexibility index (Phi) is 3.63. The number of anilines is 2. The summed E-state index contributed by atoms with van der Waals surface area (Å²) in [6.45, 7) is 1.91. The number of halogens is 1. The molecule has 1 N–H and O–H groups in total. The molecule has 0 saturated carbocycles.